The second kappa shape index (κ2) is 10.5. The molecule has 2 aliphatic rings. The molecule has 0 saturated heterocycles. The summed E-state index contributed by atoms with van der Waals surface area (Å²) in [6.07, 6.45) is 0. The molecule has 5 nitrogen and oxygen atoms in total. The van der Waals surface area contributed by atoms with Crippen molar-refractivity contribution in [3.8, 4) is 45.5 Å². The summed E-state index contributed by atoms with van der Waals surface area (Å²) in [6.45, 7) is 0. The predicted molar refractivity (Wildman–Crippen MR) is 196 cm³/mol. The van der Waals surface area contributed by atoms with Gasteiger partial charge in [0.2, 0.25) is 0 Å². The van der Waals surface area contributed by atoms with Crippen molar-refractivity contribution in [1.29, 1.82) is 0 Å². The summed E-state index contributed by atoms with van der Waals surface area (Å²) in [5.74, 6) is 1.95. The third-order valence-electron chi connectivity index (χ3n) is 9.32. The number of aromatic nitrogens is 5. The van der Waals surface area contributed by atoms with E-state index in [1.165, 1.54) is 21.8 Å². The summed E-state index contributed by atoms with van der Waals surface area (Å²) in [4.78, 5) is 15.0. The van der Waals surface area contributed by atoms with Gasteiger partial charge in [0.1, 0.15) is 0 Å². The summed E-state index contributed by atoms with van der Waals surface area (Å²) in [5, 5.41) is 4.79. The largest absolute Gasteiger partial charge is 0.306 e. The minimum atomic E-state index is 0.645. The number of rotatable bonds is 4. The van der Waals surface area contributed by atoms with E-state index in [0.29, 0.717) is 17.5 Å². The summed E-state index contributed by atoms with van der Waals surface area (Å²) in [5.41, 5.74) is 9.76. The molecule has 0 aliphatic carbocycles. The van der Waals surface area contributed by atoms with Crippen molar-refractivity contribution < 1.29 is 0 Å². The van der Waals surface area contributed by atoms with Crippen LogP contribution in [0.1, 0.15) is 0 Å². The lowest BCUT2D eigenvalue weighted by Gasteiger charge is -2.27. The normalized spacial score (nSPS) is 11.8. The summed E-state index contributed by atoms with van der Waals surface area (Å²) >= 11 is 0. The highest BCUT2D eigenvalue weighted by Gasteiger charge is 2.23. The number of nitrogens with zero attached hydrogens (tertiary/aromatic N) is 5. The van der Waals surface area contributed by atoms with Crippen molar-refractivity contribution >= 4 is 43.6 Å². The quantitative estimate of drug-likeness (QED) is 0.147. The van der Waals surface area contributed by atoms with Crippen LogP contribution in [0.2, 0.25) is 0 Å². The van der Waals surface area contributed by atoms with E-state index < -0.39 is 0 Å². The monoisotopic (exact) mass is 613 g/mol. The van der Waals surface area contributed by atoms with Gasteiger partial charge in [-0.05, 0) is 59.3 Å². The minimum Gasteiger partial charge on any atom is -0.306 e. The maximum atomic E-state index is 5.04. The van der Waals surface area contributed by atoms with Crippen LogP contribution in [0.3, 0.4) is 0 Å². The van der Waals surface area contributed by atoms with Gasteiger partial charge in [-0.1, -0.05) is 115 Å². The fraction of sp³-hybridized carbons (Fsp3) is 0. The number of fused-ring (bicyclic) bond motifs is 5. The molecule has 0 bridgehead atoms. The second-order valence-electron chi connectivity index (χ2n) is 12.1. The summed E-state index contributed by atoms with van der Waals surface area (Å²) < 4.78 is 4.83. The van der Waals surface area contributed by atoms with Gasteiger partial charge in [-0.25, -0.2) is 15.0 Å². The molecule has 0 radical (unpaired) electrons. The lowest BCUT2D eigenvalue weighted by molar-refractivity contribution is 1.07. The van der Waals surface area contributed by atoms with Crippen LogP contribution in [-0.4, -0.2) is 24.1 Å². The van der Waals surface area contributed by atoms with Gasteiger partial charge in [-0.3, -0.25) is 0 Å². The molecule has 10 rings (SSSR count). The fourth-order valence-corrected chi connectivity index (χ4v) is 7.20. The molecule has 7 aromatic carbocycles. The first-order chi connectivity index (χ1) is 23.8. The van der Waals surface area contributed by atoms with Crippen molar-refractivity contribution in [3.63, 3.8) is 0 Å². The Kier molecular flexibility index (Phi) is 5.81. The van der Waals surface area contributed by atoms with Gasteiger partial charge in [0, 0.05) is 33.2 Å². The Morgan fingerprint density at radius 3 is 1.58 bits per heavy atom. The van der Waals surface area contributed by atoms with Crippen LogP contribution in [-0.2, 0) is 0 Å². The lowest BCUT2D eigenvalue weighted by atomic mass is 9.95. The zero-order valence-electron chi connectivity index (χ0n) is 25.8. The third-order valence-corrected chi connectivity index (χ3v) is 9.32. The Balaban J connectivity index is 1.31. The van der Waals surface area contributed by atoms with Gasteiger partial charge in [0.25, 0.3) is 0 Å². The maximum Gasteiger partial charge on any atom is 0.164 e. The molecule has 48 heavy (non-hydrogen) atoms. The van der Waals surface area contributed by atoms with Gasteiger partial charge in [-0.15, -0.1) is 0 Å². The molecule has 224 valence electrons. The lowest BCUT2D eigenvalue weighted by Crippen LogP contribution is -2.12. The number of para-hydroxylation sites is 3. The molecule has 1 aromatic heterocycles. The van der Waals surface area contributed by atoms with Gasteiger partial charge >= 0.3 is 0 Å². The maximum absolute atomic E-state index is 5.04. The van der Waals surface area contributed by atoms with Gasteiger partial charge in [0.15, 0.2) is 17.5 Å². The number of benzene rings is 7. The third kappa shape index (κ3) is 4.01. The predicted octanol–water partition coefficient (Wildman–Crippen LogP) is 10.5. The van der Waals surface area contributed by atoms with E-state index in [0.717, 1.165) is 49.8 Å². The number of hydrogen-bond donors (Lipinski definition) is 0. The van der Waals surface area contributed by atoms with E-state index in [1.54, 1.807) is 0 Å². The fourth-order valence-electron chi connectivity index (χ4n) is 7.20. The van der Waals surface area contributed by atoms with E-state index in [-0.39, 0.29) is 0 Å². The van der Waals surface area contributed by atoms with Crippen LogP contribution >= 0.6 is 0 Å². The van der Waals surface area contributed by atoms with Crippen molar-refractivity contribution in [2.75, 3.05) is 0 Å². The molecule has 0 unspecified atom stereocenters. The van der Waals surface area contributed by atoms with Gasteiger partial charge < -0.3 is 9.13 Å². The highest BCUT2D eigenvalue weighted by atomic mass is 15.1. The van der Waals surface area contributed by atoms with Crippen LogP contribution in [0.15, 0.2) is 164 Å². The first-order valence-corrected chi connectivity index (χ1v) is 16.1. The Morgan fingerprint density at radius 1 is 0.354 bits per heavy atom. The molecule has 0 N–H and O–H groups in total. The van der Waals surface area contributed by atoms with Crippen LogP contribution < -0.4 is 0 Å². The van der Waals surface area contributed by atoms with Gasteiger partial charge in [0.05, 0.1) is 27.8 Å². The molecule has 0 spiro atoms. The van der Waals surface area contributed by atoms with Crippen LogP contribution in [0.4, 0.5) is 0 Å². The Morgan fingerprint density at radius 2 is 0.917 bits per heavy atom. The van der Waals surface area contributed by atoms with E-state index in [1.807, 2.05) is 60.7 Å². The molecule has 5 heteroatoms. The molecule has 3 heterocycles. The van der Waals surface area contributed by atoms with E-state index in [4.69, 9.17) is 15.0 Å². The SMILES string of the molecule is c1ccc(-c2nc(-c3ccccc3)nc(-c3ccc4c(c3)c3cccc5ccc6c(c53)-n4c3ccccc3n6-c3ccccc3)n2)cc1. The standard InChI is InChI=1S/C43H27N5/c1-4-13-29(14-5-1)41-44-42(30-15-6-2-7-16-30)46-43(45-41)31-24-25-35-34(27-31)33-20-12-17-28-23-26-38-40(39(28)33)48(35)37-22-11-10-21-36(37)47(38)32-18-8-3-9-19-32/h1-27H. The van der Waals surface area contributed by atoms with Gasteiger partial charge in [-0.2, -0.15) is 0 Å². The average molecular weight is 614 g/mol. The number of pyridine rings is 1. The molecule has 2 aliphatic heterocycles. The van der Waals surface area contributed by atoms with Crippen molar-refractivity contribution in [1.82, 2.24) is 24.1 Å². The first kappa shape index (κ1) is 26.6. The topological polar surface area (TPSA) is 48.5 Å². The van der Waals surface area contributed by atoms with Crippen molar-refractivity contribution in [3.05, 3.63) is 164 Å². The van der Waals surface area contributed by atoms with E-state index in [9.17, 15) is 0 Å². The van der Waals surface area contributed by atoms with Crippen LogP contribution in [0, 0.1) is 0 Å². The zero-order valence-corrected chi connectivity index (χ0v) is 25.8. The highest BCUT2D eigenvalue weighted by molar-refractivity contribution is 6.21. The van der Waals surface area contributed by atoms with E-state index in [2.05, 4.69) is 112 Å². The van der Waals surface area contributed by atoms with Crippen LogP contribution in [0.25, 0.3) is 89.2 Å². The molecule has 0 fully saturated rings. The Bertz CT molecular complexity index is 2700. The minimum absolute atomic E-state index is 0.645. The Labute approximate surface area is 276 Å². The Hall–Kier alpha value is -6.59. The van der Waals surface area contributed by atoms with Crippen LogP contribution in [0.5, 0.6) is 0 Å². The molecule has 0 amide bonds. The highest BCUT2D eigenvalue weighted by Crippen LogP contribution is 2.43. The molecule has 0 atom stereocenters. The average Bonchev–Trinajstić information content (AvgIpc) is 3.17. The van der Waals surface area contributed by atoms with Crippen molar-refractivity contribution in [2.45, 2.75) is 0 Å². The molecule has 0 saturated carbocycles. The molecular formula is C43H27N5. The smallest absolute Gasteiger partial charge is 0.164 e. The number of hydrogen-bond acceptors (Lipinski definition) is 3. The first-order valence-electron chi connectivity index (χ1n) is 16.1. The molecule has 8 aromatic rings. The second-order valence-corrected chi connectivity index (χ2v) is 12.1. The summed E-state index contributed by atoms with van der Waals surface area (Å²) in [7, 11) is 0. The van der Waals surface area contributed by atoms with E-state index >= 15 is 0 Å². The molecular weight excluding hydrogens is 587 g/mol. The summed E-state index contributed by atoms with van der Waals surface area (Å²) in [6, 6.07) is 57.3. The zero-order chi connectivity index (χ0) is 31.6. The van der Waals surface area contributed by atoms with Crippen molar-refractivity contribution in [2.24, 2.45) is 0 Å².